The second-order valence-corrected chi connectivity index (χ2v) is 8.24. The van der Waals surface area contributed by atoms with Crippen molar-refractivity contribution in [3.8, 4) is 0 Å². The van der Waals surface area contributed by atoms with E-state index in [4.69, 9.17) is 4.74 Å². The lowest BCUT2D eigenvalue weighted by atomic mass is 10.1. The molecule has 162 valence electrons. The number of benzene rings is 2. The van der Waals surface area contributed by atoms with E-state index >= 15 is 0 Å². The van der Waals surface area contributed by atoms with Crippen molar-refractivity contribution in [2.45, 2.75) is 32.5 Å². The van der Waals surface area contributed by atoms with E-state index in [-0.39, 0.29) is 18.0 Å². The van der Waals surface area contributed by atoms with Gasteiger partial charge in [0, 0.05) is 39.3 Å². The largest absolute Gasteiger partial charge is 0.379 e. The zero-order valence-electron chi connectivity index (χ0n) is 18.5. The molecule has 0 saturated carbocycles. The third-order valence-corrected chi connectivity index (χ3v) is 6.07. The van der Waals surface area contributed by atoms with Gasteiger partial charge in [-0.1, -0.05) is 60.7 Å². The molecule has 30 heavy (non-hydrogen) atoms. The number of morpholine rings is 1. The van der Waals surface area contributed by atoms with E-state index in [1.807, 2.05) is 36.2 Å². The Labute approximate surface area is 181 Å². The lowest BCUT2D eigenvalue weighted by molar-refractivity contribution is -0.134. The van der Waals surface area contributed by atoms with Crippen LogP contribution < -0.4 is 0 Å². The molecule has 0 aliphatic carbocycles. The van der Waals surface area contributed by atoms with Gasteiger partial charge in [0.05, 0.1) is 25.8 Å². The molecular formula is C25H35N3O2. The maximum atomic E-state index is 13.2. The summed E-state index contributed by atoms with van der Waals surface area (Å²) in [7, 11) is 1.91. The zero-order valence-corrected chi connectivity index (χ0v) is 18.5. The molecule has 2 unspecified atom stereocenters. The Morgan fingerprint density at radius 2 is 1.60 bits per heavy atom. The minimum absolute atomic E-state index is 0.0480. The monoisotopic (exact) mass is 409 g/mol. The van der Waals surface area contributed by atoms with Crippen LogP contribution in [0.3, 0.4) is 0 Å². The summed E-state index contributed by atoms with van der Waals surface area (Å²) >= 11 is 0. The predicted molar refractivity (Wildman–Crippen MR) is 121 cm³/mol. The van der Waals surface area contributed by atoms with Gasteiger partial charge in [0.2, 0.25) is 5.91 Å². The van der Waals surface area contributed by atoms with E-state index < -0.39 is 0 Å². The van der Waals surface area contributed by atoms with Gasteiger partial charge in [0.1, 0.15) is 0 Å². The molecule has 0 radical (unpaired) electrons. The molecule has 2 aromatic carbocycles. The second-order valence-electron chi connectivity index (χ2n) is 8.24. The Kier molecular flexibility index (Phi) is 8.43. The van der Waals surface area contributed by atoms with Crippen LogP contribution in [0.5, 0.6) is 0 Å². The van der Waals surface area contributed by atoms with Crippen LogP contribution in [-0.4, -0.2) is 73.1 Å². The Balaban J connectivity index is 1.67. The molecule has 5 nitrogen and oxygen atoms in total. The summed E-state index contributed by atoms with van der Waals surface area (Å²) in [5, 5.41) is 0. The van der Waals surface area contributed by atoms with Crippen molar-refractivity contribution >= 4 is 5.91 Å². The molecule has 2 atom stereocenters. The van der Waals surface area contributed by atoms with Crippen molar-refractivity contribution in [1.82, 2.24) is 14.7 Å². The highest BCUT2D eigenvalue weighted by Gasteiger charge is 2.24. The number of nitrogens with zero attached hydrogens (tertiary/aromatic N) is 3. The molecule has 1 saturated heterocycles. The van der Waals surface area contributed by atoms with E-state index in [0.717, 1.165) is 45.0 Å². The minimum atomic E-state index is 0.0480. The summed E-state index contributed by atoms with van der Waals surface area (Å²) in [4.78, 5) is 19.8. The number of carbonyl (C=O) groups excluding carboxylic acids is 1. The first-order chi connectivity index (χ1) is 14.5. The molecule has 1 heterocycles. The molecular weight excluding hydrogens is 374 g/mol. The van der Waals surface area contributed by atoms with Crippen LogP contribution >= 0.6 is 0 Å². The zero-order chi connectivity index (χ0) is 21.3. The molecule has 2 aromatic rings. The minimum Gasteiger partial charge on any atom is -0.379 e. The average Bonchev–Trinajstić information content (AvgIpc) is 2.79. The summed E-state index contributed by atoms with van der Waals surface area (Å²) in [5.74, 6) is 0.149. The number of hydrogen-bond donors (Lipinski definition) is 0. The molecule has 0 bridgehead atoms. The van der Waals surface area contributed by atoms with Gasteiger partial charge in [-0.15, -0.1) is 0 Å². The van der Waals surface area contributed by atoms with Crippen molar-refractivity contribution in [3.63, 3.8) is 0 Å². The fraction of sp³-hybridized carbons (Fsp3) is 0.480. The number of carbonyl (C=O) groups is 1. The summed E-state index contributed by atoms with van der Waals surface area (Å²) in [6.07, 6.45) is 0. The van der Waals surface area contributed by atoms with Crippen LogP contribution in [0.2, 0.25) is 0 Å². The van der Waals surface area contributed by atoms with E-state index in [2.05, 4.69) is 60.0 Å². The highest BCUT2D eigenvalue weighted by Crippen LogP contribution is 2.19. The van der Waals surface area contributed by atoms with Crippen molar-refractivity contribution in [2.75, 3.05) is 46.4 Å². The fourth-order valence-electron chi connectivity index (χ4n) is 3.91. The van der Waals surface area contributed by atoms with E-state index in [1.54, 1.807) is 0 Å². The molecule has 1 aliphatic rings. The number of rotatable bonds is 9. The Bertz CT molecular complexity index is 762. The van der Waals surface area contributed by atoms with E-state index in [0.29, 0.717) is 6.54 Å². The summed E-state index contributed by atoms with van der Waals surface area (Å²) in [6.45, 7) is 9.95. The number of amides is 1. The van der Waals surface area contributed by atoms with Gasteiger partial charge >= 0.3 is 0 Å². The number of hydrogen-bond acceptors (Lipinski definition) is 4. The van der Waals surface area contributed by atoms with Gasteiger partial charge in [0.15, 0.2) is 0 Å². The normalized spacial score (nSPS) is 16.9. The Hall–Kier alpha value is -2.21. The molecule has 0 aromatic heterocycles. The molecule has 1 amide bonds. The standard InChI is InChI=1S/C25H35N3O2/c1-21(18-27-14-16-30-17-15-27)28(19-23-10-6-4-7-11-23)20-25(29)26(3)22(2)24-12-8-5-9-13-24/h4-13,21-22H,14-20H2,1-3H3. The highest BCUT2D eigenvalue weighted by atomic mass is 16.5. The van der Waals surface area contributed by atoms with E-state index in [1.165, 1.54) is 5.56 Å². The van der Waals surface area contributed by atoms with Crippen LogP contribution in [0.4, 0.5) is 0 Å². The van der Waals surface area contributed by atoms with Gasteiger partial charge in [-0.3, -0.25) is 14.6 Å². The van der Waals surface area contributed by atoms with Gasteiger partial charge < -0.3 is 9.64 Å². The molecule has 3 rings (SSSR count). The smallest absolute Gasteiger partial charge is 0.237 e. The van der Waals surface area contributed by atoms with Crippen LogP contribution in [0.25, 0.3) is 0 Å². The molecule has 1 fully saturated rings. The quantitative estimate of drug-likeness (QED) is 0.636. The van der Waals surface area contributed by atoms with Crippen molar-refractivity contribution < 1.29 is 9.53 Å². The SMILES string of the molecule is CC(CN1CCOCC1)N(CC(=O)N(C)C(C)c1ccccc1)Cc1ccccc1. The van der Waals surface area contributed by atoms with Gasteiger partial charge in [-0.2, -0.15) is 0 Å². The van der Waals surface area contributed by atoms with Crippen LogP contribution in [-0.2, 0) is 16.1 Å². The topological polar surface area (TPSA) is 36.0 Å². The predicted octanol–water partition coefficient (Wildman–Crippen LogP) is 3.43. The highest BCUT2D eigenvalue weighted by molar-refractivity contribution is 5.78. The van der Waals surface area contributed by atoms with Crippen LogP contribution in [0.1, 0.15) is 31.0 Å². The molecule has 0 N–H and O–H groups in total. The number of ether oxygens (including phenoxy) is 1. The fourth-order valence-corrected chi connectivity index (χ4v) is 3.91. The van der Waals surface area contributed by atoms with Crippen molar-refractivity contribution in [1.29, 1.82) is 0 Å². The van der Waals surface area contributed by atoms with Crippen LogP contribution in [0, 0.1) is 0 Å². The second kappa shape index (κ2) is 11.3. The third kappa shape index (κ3) is 6.39. The van der Waals surface area contributed by atoms with Crippen LogP contribution in [0.15, 0.2) is 60.7 Å². The molecule has 1 aliphatic heterocycles. The maximum Gasteiger partial charge on any atom is 0.237 e. The third-order valence-electron chi connectivity index (χ3n) is 6.07. The molecule has 0 spiro atoms. The lowest BCUT2D eigenvalue weighted by Crippen LogP contribution is -2.49. The number of likely N-dealkylation sites (N-methyl/N-ethyl adjacent to an activating group) is 1. The average molecular weight is 410 g/mol. The summed E-state index contributed by atoms with van der Waals surface area (Å²) in [5.41, 5.74) is 2.39. The Morgan fingerprint density at radius 3 is 2.23 bits per heavy atom. The first-order valence-electron chi connectivity index (χ1n) is 10.9. The summed E-state index contributed by atoms with van der Waals surface area (Å²) in [6, 6.07) is 21.0. The van der Waals surface area contributed by atoms with Crippen molar-refractivity contribution in [3.05, 3.63) is 71.8 Å². The van der Waals surface area contributed by atoms with Gasteiger partial charge in [-0.25, -0.2) is 0 Å². The first-order valence-corrected chi connectivity index (χ1v) is 10.9. The first kappa shape index (κ1) is 22.5. The molecule has 5 heteroatoms. The summed E-state index contributed by atoms with van der Waals surface area (Å²) < 4.78 is 5.49. The van der Waals surface area contributed by atoms with Gasteiger partial charge in [-0.05, 0) is 25.0 Å². The van der Waals surface area contributed by atoms with E-state index in [9.17, 15) is 4.79 Å². The van der Waals surface area contributed by atoms with Gasteiger partial charge in [0.25, 0.3) is 0 Å². The van der Waals surface area contributed by atoms with Crippen molar-refractivity contribution in [2.24, 2.45) is 0 Å². The Morgan fingerprint density at radius 1 is 1.00 bits per heavy atom. The lowest BCUT2D eigenvalue weighted by Gasteiger charge is -2.36. The maximum absolute atomic E-state index is 13.2.